The summed E-state index contributed by atoms with van der Waals surface area (Å²) in [6, 6.07) is 20.4. The van der Waals surface area contributed by atoms with E-state index in [9.17, 15) is 9.90 Å². The number of fused-ring (bicyclic) bond motifs is 2. The van der Waals surface area contributed by atoms with Crippen molar-refractivity contribution in [3.05, 3.63) is 81.7 Å². The van der Waals surface area contributed by atoms with Crippen LogP contribution in [0.5, 0.6) is 0 Å². The molecule has 4 heterocycles. The van der Waals surface area contributed by atoms with Crippen molar-refractivity contribution in [1.29, 1.82) is 0 Å². The van der Waals surface area contributed by atoms with Gasteiger partial charge in [-0.3, -0.25) is 0 Å². The fraction of sp³-hybridized carbons (Fsp3) is 0.419. The van der Waals surface area contributed by atoms with Crippen LogP contribution in [0.3, 0.4) is 0 Å². The number of hydrogen-bond donors (Lipinski definition) is 1. The van der Waals surface area contributed by atoms with Crippen LogP contribution in [0.1, 0.15) is 43.0 Å². The smallest absolute Gasteiger partial charge is 0.407 e. The SMILES string of the molecule is O=C(O)N(Cc1ccccc1)CC1(c2ccccc2)C2CCN(c3cnc4c(I)nn(C5CCCCO5)c4n3)CC21. The highest BCUT2D eigenvalue weighted by molar-refractivity contribution is 14.1. The number of piperidine rings is 1. The molecule has 4 unspecified atom stereocenters. The van der Waals surface area contributed by atoms with Gasteiger partial charge >= 0.3 is 6.09 Å². The first kappa shape index (κ1) is 26.6. The van der Waals surface area contributed by atoms with Crippen molar-refractivity contribution >= 4 is 45.7 Å². The molecule has 4 atom stereocenters. The molecule has 212 valence electrons. The molecule has 41 heavy (non-hydrogen) atoms. The van der Waals surface area contributed by atoms with Gasteiger partial charge in [0.2, 0.25) is 0 Å². The highest BCUT2D eigenvalue weighted by Crippen LogP contribution is 2.64. The molecule has 0 bridgehead atoms. The van der Waals surface area contributed by atoms with Gasteiger partial charge < -0.3 is 19.6 Å². The molecular formula is C31H33IN6O3. The summed E-state index contributed by atoms with van der Waals surface area (Å²) in [6.45, 7) is 3.25. The normalized spacial score (nSPS) is 25.6. The molecule has 1 N–H and O–H groups in total. The number of ether oxygens (including phenoxy) is 1. The molecule has 7 rings (SSSR count). The number of carbonyl (C=O) groups is 1. The Hall–Kier alpha value is -3.25. The molecule has 2 aromatic carbocycles. The van der Waals surface area contributed by atoms with Crippen molar-refractivity contribution in [2.45, 2.75) is 43.9 Å². The van der Waals surface area contributed by atoms with Crippen molar-refractivity contribution in [2.24, 2.45) is 11.8 Å². The lowest BCUT2D eigenvalue weighted by Crippen LogP contribution is -2.38. The summed E-state index contributed by atoms with van der Waals surface area (Å²) < 4.78 is 8.78. The van der Waals surface area contributed by atoms with Gasteiger partial charge in [-0.05, 0) is 71.2 Å². The number of hydrogen-bond acceptors (Lipinski definition) is 6. The van der Waals surface area contributed by atoms with E-state index in [-0.39, 0.29) is 11.6 Å². The first-order valence-corrected chi connectivity index (χ1v) is 15.5. The minimum absolute atomic E-state index is 0.106. The van der Waals surface area contributed by atoms with Crippen molar-refractivity contribution in [3.63, 3.8) is 0 Å². The minimum atomic E-state index is -0.881. The first-order valence-electron chi connectivity index (χ1n) is 14.4. The number of nitrogens with zero attached hydrogens (tertiary/aromatic N) is 6. The Kier molecular flexibility index (Phi) is 7.06. The van der Waals surface area contributed by atoms with Crippen LogP contribution in [-0.2, 0) is 16.7 Å². The predicted octanol–water partition coefficient (Wildman–Crippen LogP) is 5.70. The molecule has 3 aliphatic rings. The van der Waals surface area contributed by atoms with Crippen LogP contribution in [-0.4, -0.2) is 62.1 Å². The van der Waals surface area contributed by atoms with Gasteiger partial charge in [0.1, 0.15) is 11.3 Å². The van der Waals surface area contributed by atoms with Crippen LogP contribution in [0.25, 0.3) is 11.2 Å². The molecule has 9 nitrogen and oxygen atoms in total. The summed E-state index contributed by atoms with van der Waals surface area (Å²) >= 11 is 2.23. The first-order chi connectivity index (χ1) is 20.0. The van der Waals surface area contributed by atoms with E-state index in [2.05, 4.69) is 51.8 Å². The highest BCUT2D eigenvalue weighted by atomic mass is 127. The summed E-state index contributed by atoms with van der Waals surface area (Å²) in [4.78, 5) is 26.3. The van der Waals surface area contributed by atoms with Crippen LogP contribution in [0.4, 0.5) is 10.6 Å². The second kappa shape index (κ2) is 10.9. The lowest BCUT2D eigenvalue weighted by Gasteiger charge is -2.28. The Morgan fingerprint density at radius 2 is 1.85 bits per heavy atom. The average Bonchev–Trinajstić information content (AvgIpc) is 3.54. The largest absolute Gasteiger partial charge is 0.465 e. The second-order valence-electron chi connectivity index (χ2n) is 11.4. The number of amides is 1. The third-order valence-corrected chi connectivity index (χ3v) is 9.91. The Balaban J connectivity index is 1.18. The molecule has 10 heteroatoms. The molecule has 2 aromatic heterocycles. The minimum Gasteiger partial charge on any atom is -0.465 e. The van der Waals surface area contributed by atoms with Crippen molar-refractivity contribution in [1.82, 2.24) is 24.6 Å². The van der Waals surface area contributed by atoms with E-state index in [1.165, 1.54) is 5.56 Å². The van der Waals surface area contributed by atoms with E-state index < -0.39 is 6.09 Å². The van der Waals surface area contributed by atoms with Crippen LogP contribution >= 0.6 is 22.6 Å². The summed E-state index contributed by atoms with van der Waals surface area (Å²) in [5.41, 5.74) is 3.57. The Morgan fingerprint density at radius 3 is 2.59 bits per heavy atom. The molecule has 3 fully saturated rings. The Bertz CT molecular complexity index is 1540. The van der Waals surface area contributed by atoms with Crippen LogP contribution < -0.4 is 4.90 Å². The molecule has 0 radical (unpaired) electrons. The second-order valence-corrected chi connectivity index (χ2v) is 12.5. The summed E-state index contributed by atoms with van der Waals surface area (Å²) in [6.07, 6.45) is 4.97. The zero-order valence-electron chi connectivity index (χ0n) is 22.8. The van der Waals surface area contributed by atoms with E-state index in [0.29, 0.717) is 24.9 Å². The van der Waals surface area contributed by atoms with Gasteiger partial charge in [-0.2, -0.15) is 5.10 Å². The maximum atomic E-state index is 12.5. The number of benzene rings is 2. The van der Waals surface area contributed by atoms with Gasteiger partial charge in [0.15, 0.2) is 15.6 Å². The van der Waals surface area contributed by atoms with Gasteiger partial charge in [0, 0.05) is 38.2 Å². The fourth-order valence-corrected chi connectivity index (χ4v) is 7.75. The van der Waals surface area contributed by atoms with E-state index in [1.54, 1.807) is 4.90 Å². The zero-order chi connectivity index (χ0) is 28.0. The molecule has 4 aromatic rings. The molecule has 1 amide bonds. The van der Waals surface area contributed by atoms with Crippen molar-refractivity contribution in [2.75, 3.05) is 31.1 Å². The molecule has 2 saturated heterocycles. The quantitative estimate of drug-likeness (QED) is 0.253. The number of rotatable bonds is 7. The van der Waals surface area contributed by atoms with Crippen molar-refractivity contribution < 1.29 is 14.6 Å². The van der Waals surface area contributed by atoms with Gasteiger partial charge in [0.05, 0.1) is 6.20 Å². The summed E-state index contributed by atoms with van der Waals surface area (Å²) in [5.74, 6) is 1.58. The molecule has 2 aliphatic heterocycles. The number of anilines is 1. The number of carboxylic acid groups (broad SMARTS) is 1. The summed E-state index contributed by atoms with van der Waals surface area (Å²) in [7, 11) is 0. The molecular weight excluding hydrogens is 631 g/mol. The zero-order valence-corrected chi connectivity index (χ0v) is 24.9. The van der Waals surface area contributed by atoms with Crippen LogP contribution in [0, 0.1) is 15.5 Å². The monoisotopic (exact) mass is 664 g/mol. The van der Waals surface area contributed by atoms with Gasteiger partial charge in [-0.25, -0.2) is 19.4 Å². The van der Waals surface area contributed by atoms with Gasteiger partial charge in [0.25, 0.3) is 0 Å². The van der Waals surface area contributed by atoms with Crippen LogP contribution in [0.15, 0.2) is 66.9 Å². The van der Waals surface area contributed by atoms with Gasteiger partial charge in [-0.15, -0.1) is 0 Å². The Labute approximate surface area is 252 Å². The Morgan fingerprint density at radius 1 is 1.07 bits per heavy atom. The fourth-order valence-electron chi connectivity index (χ4n) is 7.13. The lowest BCUT2D eigenvalue weighted by molar-refractivity contribution is -0.0372. The van der Waals surface area contributed by atoms with E-state index in [4.69, 9.17) is 19.8 Å². The van der Waals surface area contributed by atoms with Crippen LogP contribution in [0.2, 0.25) is 0 Å². The third kappa shape index (κ3) is 4.84. The standard InChI is InChI=1S/C31H33IN6O3/c32-28-27-29(38(35-28)26-13-7-8-16-41-26)34-25(17-33-27)36-15-14-23-24(19-36)31(23,22-11-5-2-6-12-22)20-37(30(39)40)18-21-9-3-1-4-10-21/h1-6,9-12,17,23-24,26H,7-8,13-16,18-20H2,(H,39,40). The highest BCUT2D eigenvalue weighted by Gasteiger charge is 2.67. The van der Waals surface area contributed by atoms with Crippen molar-refractivity contribution in [3.8, 4) is 0 Å². The van der Waals surface area contributed by atoms with E-state index in [0.717, 1.165) is 71.6 Å². The maximum absolute atomic E-state index is 12.5. The summed E-state index contributed by atoms with van der Waals surface area (Å²) in [5, 5.41) is 15.0. The van der Waals surface area contributed by atoms with Gasteiger partial charge in [-0.1, -0.05) is 60.7 Å². The molecule has 1 saturated carbocycles. The predicted molar refractivity (Wildman–Crippen MR) is 164 cm³/mol. The topological polar surface area (TPSA) is 96.6 Å². The average molecular weight is 665 g/mol. The molecule has 1 aliphatic carbocycles. The lowest BCUT2D eigenvalue weighted by atomic mass is 9.90. The third-order valence-electron chi connectivity index (χ3n) is 9.18. The number of halogens is 1. The van der Waals surface area contributed by atoms with E-state index in [1.807, 2.05) is 47.3 Å². The maximum Gasteiger partial charge on any atom is 0.407 e. The molecule has 0 spiro atoms. The van der Waals surface area contributed by atoms with E-state index >= 15 is 0 Å². The number of aromatic nitrogens is 4.